The van der Waals surface area contributed by atoms with E-state index >= 15 is 0 Å². The van der Waals surface area contributed by atoms with Gasteiger partial charge in [-0.1, -0.05) is 0 Å². The van der Waals surface area contributed by atoms with Gasteiger partial charge in [0.25, 0.3) is 0 Å². The van der Waals surface area contributed by atoms with Crippen LogP contribution in [-0.4, -0.2) is 59.6 Å². The second kappa shape index (κ2) is 10.4. The third kappa shape index (κ3) is 4.98. The van der Waals surface area contributed by atoms with Crippen LogP contribution in [0, 0.1) is 0 Å². The molecule has 0 aliphatic rings. The Morgan fingerprint density at radius 1 is 0.750 bits per heavy atom. The number of ketones is 2. The fourth-order valence-corrected chi connectivity index (χ4v) is 9.97. The molecule has 0 aliphatic carbocycles. The van der Waals surface area contributed by atoms with E-state index in [1.807, 2.05) is 36.4 Å². The summed E-state index contributed by atoms with van der Waals surface area (Å²) in [4.78, 5) is 24.2. The summed E-state index contributed by atoms with van der Waals surface area (Å²) in [6.07, 6.45) is -0.0910. The van der Waals surface area contributed by atoms with Gasteiger partial charge in [-0.15, -0.1) is 0 Å². The van der Waals surface area contributed by atoms with E-state index in [1.54, 1.807) is 28.4 Å². The van der Waals surface area contributed by atoms with Crippen molar-refractivity contribution < 1.29 is 28.5 Å². The first-order chi connectivity index (χ1) is 13.5. The van der Waals surface area contributed by atoms with Crippen LogP contribution in [0.1, 0.15) is 13.3 Å². The number of benzene rings is 2. The van der Waals surface area contributed by atoms with Gasteiger partial charge in [-0.2, -0.15) is 0 Å². The fourth-order valence-electron chi connectivity index (χ4n) is 2.86. The van der Waals surface area contributed by atoms with Gasteiger partial charge in [0.1, 0.15) is 0 Å². The summed E-state index contributed by atoms with van der Waals surface area (Å²) in [5.74, 6) is 2.35. The predicted octanol–water partition coefficient (Wildman–Crippen LogP) is 1.88. The third-order valence-electron chi connectivity index (χ3n) is 4.01. The average Bonchev–Trinajstić information content (AvgIpc) is 2.70. The van der Waals surface area contributed by atoms with Gasteiger partial charge in [0.15, 0.2) is 0 Å². The van der Waals surface area contributed by atoms with Crippen LogP contribution in [-0.2, 0) is 9.59 Å². The maximum absolute atomic E-state index is 12.7. The molecule has 2 rings (SSSR count). The summed E-state index contributed by atoms with van der Waals surface area (Å²) in [5, 5.41) is 0. The minimum atomic E-state index is -2.70. The molecule has 0 fully saturated rings. The molecular formula is C21H25O6Te+. The summed E-state index contributed by atoms with van der Waals surface area (Å²) in [6, 6.07) is 11.1. The number of hydrogen-bond acceptors (Lipinski definition) is 6. The normalized spacial score (nSPS) is 10.5. The molecule has 0 atom stereocenters. The fraction of sp³-hybridized carbons (Fsp3) is 0.333. The SMILES string of the molecule is COc1cccc(OC)c1[Te+](CC(=O)CC(C)=O)c1c(OC)cccc1OC. The first kappa shape index (κ1) is 22.1. The van der Waals surface area contributed by atoms with E-state index in [0.717, 1.165) is 7.22 Å². The Labute approximate surface area is 172 Å². The van der Waals surface area contributed by atoms with Crippen molar-refractivity contribution >= 4 is 38.3 Å². The summed E-state index contributed by atoms with van der Waals surface area (Å²) in [7, 11) is 6.36. The molecular weight excluding hydrogens is 476 g/mol. The molecule has 0 saturated heterocycles. The van der Waals surface area contributed by atoms with Crippen LogP contribution < -0.4 is 26.2 Å². The van der Waals surface area contributed by atoms with E-state index < -0.39 is 19.6 Å². The summed E-state index contributed by atoms with van der Waals surface area (Å²) in [6.45, 7) is 1.42. The zero-order valence-electron chi connectivity index (χ0n) is 16.7. The molecule has 0 radical (unpaired) electrons. The molecule has 150 valence electrons. The monoisotopic (exact) mass is 503 g/mol. The molecule has 0 N–H and O–H groups in total. The maximum atomic E-state index is 12.7. The number of methoxy groups -OCH3 is 4. The van der Waals surface area contributed by atoms with E-state index in [4.69, 9.17) is 18.9 Å². The molecule has 0 amide bonds. The Balaban J connectivity index is 2.73. The van der Waals surface area contributed by atoms with Crippen LogP contribution in [0.2, 0.25) is 4.47 Å². The van der Waals surface area contributed by atoms with E-state index in [2.05, 4.69) is 0 Å². The molecule has 0 aromatic heterocycles. The van der Waals surface area contributed by atoms with Crippen LogP contribution in [0.15, 0.2) is 36.4 Å². The van der Waals surface area contributed by atoms with Crippen molar-refractivity contribution in [2.45, 2.75) is 17.8 Å². The van der Waals surface area contributed by atoms with Gasteiger partial charge in [-0.3, -0.25) is 0 Å². The van der Waals surface area contributed by atoms with Gasteiger partial charge in [-0.05, 0) is 0 Å². The van der Waals surface area contributed by atoms with Gasteiger partial charge in [0.05, 0.1) is 0 Å². The first-order valence-electron chi connectivity index (χ1n) is 8.60. The topological polar surface area (TPSA) is 71.1 Å². The first-order valence-corrected chi connectivity index (χ1v) is 12.6. The van der Waals surface area contributed by atoms with Crippen LogP contribution in [0.25, 0.3) is 0 Å². The Hall–Kier alpha value is -2.23. The standard InChI is InChI=1S/C21H25O6Te/c1-14(22)12-15(23)13-28(20-16(24-2)8-6-9-17(20)25-3)21-18(26-4)10-7-11-19(21)27-5/h6-11H,12-13H2,1-5H3/q+1. The summed E-state index contributed by atoms with van der Waals surface area (Å²) >= 11 is -2.70. The van der Waals surface area contributed by atoms with E-state index in [9.17, 15) is 9.59 Å². The average molecular weight is 501 g/mol. The Morgan fingerprint density at radius 2 is 1.11 bits per heavy atom. The Kier molecular flexibility index (Phi) is 8.16. The Bertz CT molecular complexity index is 749. The van der Waals surface area contributed by atoms with Crippen molar-refractivity contribution in [1.82, 2.24) is 0 Å². The minimum absolute atomic E-state index is 0.0910. The van der Waals surface area contributed by atoms with E-state index in [0.29, 0.717) is 23.0 Å². The second-order valence-corrected chi connectivity index (χ2v) is 11.3. The van der Waals surface area contributed by atoms with Crippen molar-refractivity contribution in [3.63, 3.8) is 0 Å². The molecule has 0 saturated carbocycles. The van der Waals surface area contributed by atoms with Crippen molar-refractivity contribution in [2.75, 3.05) is 28.4 Å². The molecule has 2 aromatic rings. The van der Waals surface area contributed by atoms with Crippen molar-refractivity contribution in [3.05, 3.63) is 36.4 Å². The van der Waals surface area contributed by atoms with E-state index in [-0.39, 0.29) is 22.5 Å². The molecule has 0 aliphatic heterocycles. The zero-order valence-corrected chi connectivity index (χ0v) is 19.1. The van der Waals surface area contributed by atoms with Crippen molar-refractivity contribution in [2.24, 2.45) is 0 Å². The third-order valence-corrected chi connectivity index (χ3v) is 10.9. The summed E-state index contributed by atoms with van der Waals surface area (Å²) < 4.78 is 24.4. The number of carbonyl (C=O) groups excluding carboxylic acids is 2. The molecule has 0 heterocycles. The molecule has 0 unspecified atom stereocenters. The van der Waals surface area contributed by atoms with Gasteiger partial charge in [0, 0.05) is 0 Å². The van der Waals surface area contributed by atoms with Crippen molar-refractivity contribution in [3.8, 4) is 23.0 Å². The number of Topliss-reactive ketones (excluding diaryl/α,β-unsaturated/α-hetero) is 2. The molecule has 0 spiro atoms. The molecule has 28 heavy (non-hydrogen) atoms. The Morgan fingerprint density at radius 3 is 1.39 bits per heavy atom. The van der Waals surface area contributed by atoms with E-state index in [1.165, 1.54) is 6.92 Å². The van der Waals surface area contributed by atoms with Crippen LogP contribution in [0.5, 0.6) is 23.0 Å². The van der Waals surface area contributed by atoms with Crippen molar-refractivity contribution in [1.29, 1.82) is 0 Å². The van der Waals surface area contributed by atoms with Crippen LogP contribution in [0.3, 0.4) is 0 Å². The van der Waals surface area contributed by atoms with Gasteiger partial charge >= 0.3 is 173 Å². The number of hydrogen-bond donors (Lipinski definition) is 0. The van der Waals surface area contributed by atoms with Gasteiger partial charge < -0.3 is 0 Å². The molecule has 0 bridgehead atoms. The van der Waals surface area contributed by atoms with Crippen LogP contribution >= 0.6 is 0 Å². The van der Waals surface area contributed by atoms with Crippen LogP contribution in [0.4, 0.5) is 0 Å². The predicted molar refractivity (Wildman–Crippen MR) is 109 cm³/mol. The number of carbonyl (C=O) groups is 2. The molecule has 2 aromatic carbocycles. The molecule has 6 nitrogen and oxygen atoms in total. The second-order valence-electron chi connectivity index (χ2n) is 5.94. The quantitative estimate of drug-likeness (QED) is 0.366. The van der Waals surface area contributed by atoms with Gasteiger partial charge in [-0.25, -0.2) is 0 Å². The number of ether oxygens (including phenoxy) is 4. The molecule has 7 heteroatoms. The summed E-state index contributed by atoms with van der Waals surface area (Å²) in [5.41, 5.74) is 0. The number of rotatable bonds is 10. The van der Waals surface area contributed by atoms with Gasteiger partial charge in [0.2, 0.25) is 0 Å². The zero-order chi connectivity index (χ0) is 20.7.